The fraction of sp³-hybridized carbons (Fsp3) is 0.900. The van der Waals surface area contributed by atoms with E-state index in [0.29, 0.717) is 6.42 Å². The molecule has 0 bridgehead atoms. The van der Waals surface area contributed by atoms with Gasteiger partial charge in [0.05, 0.1) is 0 Å². The van der Waals surface area contributed by atoms with Crippen molar-refractivity contribution in [3.63, 3.8) is 0 Å². The summed E-state index contributed by atoms with van der Waals surface area (Å²) in [5.74, 6) is -0.818. The minimum Gasteiger partial charge on any atom is -0.342 e. The van der Waals surface area contributed by atoms with Crippen molar-refractivity contribution in [1.82, 2.24) is 5.32 Å². The van der Waals surface area contributed by atoms with Crippen LogP contribution < -0.4 is 5.32 Å². The summed E-state index contributed by atoms with van der Waals surface area (Å²) in [5.41, 5.74) is -1.91. The Morgan fingerprint density at radius 3 is 2.33 bits per heavy atom. The SMILES string of the molecule is CCCC(C)C(=O)NC1(C(F)(F)F)CC1. The molecule has 1 amide bonds. The Labute approximate surface area is 87.2 Å². The van der Waals surface area contributed by atoms with Crippen LogP contribution in [0.1, 0.15) is 39.5 Å². The van der Waals surface area contributed by atoms with Crippen molar-refractivity contribution in [1.29, 1.82) is 0 Å². The van der Waals surface area contributed by atoms with Gasteiger partial charge in [-0.3, -0.25) is 4.79 Å². The van der Waals surface area contributed by atoms with E-state index in [-0.39, 0.29) is 18.8 Å². The van der Waals surface area contributed by atoms with Gasteiger partial charge in [-0.2, -0.15) is 13.2 Å². The Bertz CT molecular complexity index is 246. The summed E-state index contributed by atoms with van der Waals surface area (Å²) >= 11 is 0. The lowest BCUT2D eigenvalue weighted by Crippen LogP contribution is -2.49. The molecule has 1 N–H and O–H groups in total. The minimum atomic E-state index is -4.31. The second kappa shape index (κ2) is 4.02. The molecule has 5 heteroatoms. The van der Waals surface area contributed by atoms with Crippen molar-refractivity contribution < 1.29 is 18.0 Å². The number of rotatable bonds is 4. The average Bonchev–Trinajstić information content (AvgIpc) is 2.84. The summed E-state index contributed by atoms with van der Waals surface area (Å²) < 4.78 is 37.5. The molecule has 1 aliphatic carbocycles. The van der Waals surface area contributed by atoms with Crippen LogP contribution in [0.5, 0.6) is 0 Å². The van der Waals surface area contributed by atoms with Gasteiger partial charge in [-0.05, 0) is 19.3 Å². The van der Waals surface area contributed by atoms with Gasteiger partial charge in [-0.25, -0.2) is 0 Å². The van der Waals surface area contributed by atoms with E-state index in [1.807, 2.05) is 6.92 Å². The zero-order valence-corrected chi connectivity index (χ0v) is 8.95. The Kier molecular flexibility index (Phi) is 3.31. The molecule has 1 aliphatic rings. The minimum absolute atomic E-state index is 0.0150. The second-order valence-electron chi connectivity index (χ2n) is 4.26. The van der Waals surface area contributed by atoms with Gasteiger partial charge in [0.25, 0.3) is 0 Å². The monoisotopic (exact) mass is 223 g/mol. The van der Waals surface area contributed by atoms with Crippen molar-refractivity contribution in [2.75, 3.05) is 0 Å². The van der Waals surface area contributed by atoms with Crippen LogP contribution in [-0.2, 0) is 4.79 Å². The number of hydrogen-bond donors (Lipinski definition) is 1. The van der Waals surface area contributed by atoms with Crippen molar-refractivity contribution in [3.05, 3.63) is 0 Å². The maximum atomic E-state index is 12.5. The van der Waals surface area contributed by atoms with Gasteiger partial charge in [0.1, 0.15) is 5.54 Å². The molecule has 0 aromatic carbocycles. The van der Waals surface area contributed by atoms with E-state index in [1.54, 1.807) is 6.92 Å². The van der Waals surface area contributed by atoms with Crippen LogP contribution in [0, 0.1) is 5.92 Å². The first-order valence-corrected chi connectivity index (χ1v) is 5.21. The Balaban J connectivity index is 2.52. The first-order valence-electron chi connectivity index (χ1n) is 5.21. The first kappa shape index (κ1) is 12.3. The molecule has 0 aromatic heterocycles. The quantitative estimate of drug-likeness (QED) is 0.779. The number of amides is 1. The number of halogens is 3. The number of carbonyl (C=O) groups is 1. The third-order valence-corrected chi connectivity index (χ3v) is 2.82. The maximum absolute atomic E-state index is 12.5. The molecule has 0 saturated heterocycles. The fourth-order valence-electron chi connectivity index (χ4n) is 1.53. The Morgan fingerprint density at radius 1 is 1.47 bits per heavy atom. The number of alkyl halides is 3. The van der Waals surface area contributed by atoms with Crippen molar-refractivity contribution in [2.24, 2.45) is 5.92 Å². The number of nitrogens with one attached hydrogen (secondary N) is 1. The molecule has 1 fully saturated rings. The molecule has 0 aromatic rings. The highest BCUT2D eigenvalue weighted by molar-refractivity contribution is 5.79. The summed E-state index contributed by atoms with van der Waals surface area (Å²) in [5, 5.41) is 2.13. The lowest BCUT2D eigenvalue weighted by Gasteiger charge is -2.22. The van der Waals surface area contributed by atoms with E-state index in [9.17, 15) is 18.0 Å². The van der Waals surface area contributed by atoms with Crippen LogP contribution >= 0.6 is 0 Å². The molecule has 88 valence electrons. The topological polar surface area (TPSA) is 29.1 Å². The highest BCUT2D eigenvalue weighted by Gasteiger charge is 2.64. The molecule has 0 spiro atoms. The van der Waals surface area contributed by atoms with Gasteiger partial charge in [0.2, 0.25) is 5.91 Å². The van der Waals surface area contributed by atoms with Crippen LogP contribution in [0.25, 0.3) is 0 Å². The molecular formula is C10H16F3NO. The largest absolute Gasteiger partial charge is 0.411 e. The van der Waals surface area contributed by atoms with Gasteiger partial charge in [0.15, 0.2) is 0 Å². The Hall–Kier alpha value is -0.740. The summed E-state index contributed by atoms with van der Waals surface area (Å²) in [6.45, 7) is 3.56. The molecule has 0 heterocycles. The summed E-state index contributed by atoms with van der Waals surface area (Å²) in [6, 6.07) is 0. The molecule has 1 rings (SSSR count). The fourth-order valence-corrected chi connectivity index (χ4v) is 1.53. The molecule has 2 nitrogen and oxygen atoms in total. The van der Waals surface area contributed by atoms with E-state index < -0.39 is 17.6 Å². The lowest BCUT2D eigenvalue weighted by atomic mass is 10.0. The summed E-state index contributed by atoms with van der Waals surface area (Å²) in [6.07, 6.45) is -2.86. The van der Waals surface area contributed by atoms with E-state index in [1.165, 1.54) is 0 Å². The van der Waals surface area contributed by atoms with Crippen molar-refractivity contribution in [3.8, 4) is 0 Å². The molecule has 1 atom stereocenters. The highest BCUT2D eigenvalue weighted by Crippen LogP contribution is 2.49. The third kappa shape index (κ3) is 2.63. The van der Waals surface area contributed by atoms with E-state index in [2.05, 4.69) is 5.32 Å². The number of carbonyl (C=O) groups excluding carboxylic acids is 1. The van der Waals surface area contributed by atoms with Crippen LogP contribution in [0.4, 0.5) is 13.2 Å². The van der Waals surface area contributed by atoms with E-state index in [4.69, 9.17) is 0 Å². The van der Waals surface area contributed by atoms with E-state index >= 15 is 0 Å². The normalized spacial score (nSPS) is 20.9. The van der Waals surface area contributed by atoms with Gasteiger partial charge < -0.3 is 5.32 Å². The van der Waals surface area contributed by atoms with Crippen LogP contribution in [-0.4, -0.2) is 17.6 Å². The van der Waals surface area contributed by atoms with Gasteiger partial charge in [-0.1, -0.05) is 20.3 Å². The highest BCUT2D eigenvalue weighted by atomic mass is 19.4. The van der Waals surface area contributed by atoms with Gasteiger partial charge >= 0.3 is 6.18 Å². The summed E-state index contributed by atoms with van der Waals surface area (Å²) in [4.78, 5) is 11.4. The standard InChI is InChI=1S/C10H16F3NO/c1-3-4-7(2)8(15)14-9(5-6-9)10(11,12)13/h7H,3-6H2,1-2H3,(H,14,15). The predicted molar refractivity (Wildman–Crippen MR) is 50.2 cm³/mol. The van der Waals surface area contributed by atoms with Crippen LogP contribution in [0.3, 0.4) is 0 Å². The zero-order chi connectivity index (χ0) is 11.7. The van der Waals surface area contributed by atoms with Gasteiger partial charge in [-0.15, -0.1) is 0 Å². The molecule has 0 radical (unpaired) electrons. The molecule has 1 saturated carbocycles. The zero-order valence-electron chi connectivity index (χ0n) is 8.95. The molecule has 1 unspecified atom stereocenters. The van der Waals surface area contributed by atoms with Crippen LogP contribution in [0.15, 0.2) is 0 Å². The molecule has 15 heavy (non-hydrogen) atoms. The summed E-state index contributed by atoms with van der Waals surface area (Å²) in [7, 11) is 0. The van der Waals surface area contributed by atoms with E-state index in [0.717, 1.165) is 6.42 Å². The second-order valence-corrected chi connectivity index (χ2v) is 4.26. The Morgan fingerprint density at radius 2 is 2.00 bits per heavy atom. The lowest BCUT2D eigenvalue weighted by molar-refractivity contribution is -0.171. The van der Waals surface area contributed by atoms with Crippen molar-refractivity contribution in [2.45, 2.75) is 51.2 Å². The first-order chi connectivity index (χ1) is 6.82. The van der Waals surface area contributed by atoms with Crippen LogP contribution in [0.2, 0.25) is 0 Å². The van der Waals surface area contributed by atoms with Crippen molar-refractivity contribution >= 4 is 5.91 Å². The average molecular weight is 223 g/mol. The number of hydrogen-bond acceptors (Lipinski definition) is 1. The molecular weight excluding hydrogens is 207 g/mol. The smallest absolute Gasteiger partial charge is 0.342 e. The predicted octanol–water partition coefficient (Wildman–Crippen LogP) is 2.63. The third-order valence-electron chi connectivity index (χ3n) is 2.82. The molecule has 0 aliphatic heterocycles. The maximum Gasteiger partial charge on any atom is 0.411 e. The van der Waals surface area contributed by atoms with Gasteiger partial charge in [0, 0.05) is 5.92 Å².